The first-order chi connectivity index (χ1) is 8.61. The fraction of sp³-hybridized carbons (Fsp3) is 0.692. The maximum absolute atomic E-state index is 6.07. The van der Waals surface area contributed by atoms with Gasteiger partial charge in [0.15, 0.2) is 0 Å². The Morgan fingerprint density at radius 2 is 1.56 bits per heavy atom. The minimum absolute atomic E-state index is 0.679. The van der Waals surface area contributed by atoms with Crippen molar-refractivity contribution in [2.75, 3.05) is 19.8 Å². The summed E-state index contributed by atoms with van der Waals surface area (Å²) in [5, 5.41) is 0. The van der Waals surface area contributed by atoms with E-state index in [2.05, 4.69) is 23.7 Å². The second-order valence-corrected chi connectivity index (χ2v) is 17.0. The van der Waals surface area contributed by atoms with Crippen molar-refractivity contribution in [3.63, 3.8) is 0 Å². The van der Waals surface area contributed by atoms with Crippen molar-refractivity contribution in [2.24, 2.45) is 0 Å². The molecule has 0 saturated carbocycles. The molecule has 0 aromatic heterocycles. The molecule has 0 radical (unpaired) electrons. The quantitative estimate of drug-likeness (QED) is 0.592. The Hall–Kier alpha value is 0.786. The Morgan fingerprint density at radius 3 is 1.94 bits per heavy atom. The zero-order valence-electron chi connectivity index (χ0n) is 12.3. The molecular weight excluding hydrogens is 368 g/mol. The molecule has 1 rings (SSSR count). The van der Waals surface area contributed by atoms with Crippen LogP contribution in [0.5, 0.6) is 0 Å². The molecule has 0 aromatic rings. The van der Waals surface area contributed by atoms with Crippen molar-refractivity contribution in [2.45, 2.75) is 38.7 Å². The van der Waals surface area contributed by atoms with E-state index < -0.39 is 35.9 Å². The van der Waals surface area contributed by atoms with Gasteiger partial charge in [0.05, 0.1) is 0 Å². The van der Waals surface area contributed by atoms with Gasteiger partial charge in [0.25, 0.3) is 0 Å². The van der Waals surface area contributed by atoms with Crippen LogP contribution in [0, 0.1) is 0 Å². The van der Waals surface area contributed by atoms with Gasteiger partial charge >= 0.3 is 123 Å². The Morgan fingerprint density at radius 1 is 1.06 bits per heavy atom. The molecule has 0 amide bonds. The van der Waals surface area contributed by atoms with Crippen molar-refractivity contribution in [3.05, 3.63) is 19.8 Å². The molecule has 0 aromatic carbocycles. The predicted molar refractivity (Wildman–Crippen MR) is 74.5 cm³/mol. The van der Waals surface area contributed by atoms with E-state index in [1.165, 1.54) is 3.28 Å². The van der Waals surface area contributed by atoms with Gasteiger partial charge in [-0.2, -0.15) is 0 Å². The molecule has 104 valence electrons. The molecule has 18 heavy (non-hydrogen) atoms. The summed E-state index contributed by atoms with van der Waals surface area (Å²) in [4.78, 5) is 0. The van der Waals surface area contributed by atoms with Crippen molar-refractivity contribution in [3.8, 4) is 0 Å². The molecule has 5 heteroatoms. The molecule has 0 aliphatic heterocycles. The molecule has 1 aliphatic carbocycles. The van der Waals surface area contributed by atoms with Gasteiger partial charge in [0.1, 0.15) is 0 Å². The topological polar surface area (TPSA) is 27.7 Å². The summed E-state index contributed by atoms with van der Waals surface area (Å²) in [7, 11) is 0. The fourth-order valence-corrected chi connectivity index (χ4v) is 17.7. The van der Waals surface area contributed by atoms with Crippen LogP contribution in [0.4, 0.5) is 0 Å². The third-order valence-corrected chi connectivity index (χ3v) is 16.2. The van der Waals surface area contributed by atoms with Crippen molar-refractivity contribution in [1.82, 2.24) is 0 Å². The van der Waals surface area contributed by atoms with Gasteiger partial charge in [0.2, 0.25) is 0 Å². The standard InChI is InChI=1S/C7H11Ge.3C2H5O.Zr/c1-8(2)7-5-3-4-6-7;3*1-2-3;/h3,5,8H,4H2,1-2H3;3*2H2,1H3;/q;3*-1;+3. The van der Waals surface area contributed by atoms with Gasteiger partial charge < -0.3 is 0 Å². The first-order valence-corrected chi connectivity index (χ1v) is 17.2. The number of rotatable bonds is 8. The molecule has 0 bridgehead atoms. The van der Waals surface area contributed by atoms with Crippen LogP contribution < -0.4 is 0 Å². The first-order valence-electron chi connectivity index (χ1n) is 6.93. The van der Waals surface area contributed by atoms with E-state index in [1.807, 2.05) is 20.8 Å². The van der Waals surface area contributed by atoms with E-state index >= 15 is 0 Å². The Kier molecular flexibility index (Phi) is 7.63. The summed E-state index contributed by atoms with van der Waals surface area (Å²) in [6.07, 6.45) is 5.52. The van der Waals surface area contributed by atoms with E-state index in [4.69, 9.17) is 8.44 Å². The second-order valence-electron chi connectivity index (χ2n) is 4.55. The number of hydrogen-bond donors (Lipinski definition) is 0. The van der Waals surface area contributed by atoms with Crippen LogP contribution in [-0.2, 0) is 30.0 Å². The third kappa shape index (κ3) is 3.89. The van der Waals surface area contributed by atoms with E-state index in [-0.39, 0.29) is 0 Å². The molecule has 0 heterocycles. The molecule has 0 fully saturated rings. The van der Waals surface area contributed by atoms with Crippen LogP contribution in [0.15, 0.2) is 19.8 Å². The molecule has 0 N–H and O–H groups in total. The van der Waals surface area contributed by atoms with Crippen LogP contribution >= 0.6 is 0 Å². The summed E-state index contributed by atoms with van der Waals surface area (Å²) >= 11 is -4.80. The molecular formula is C13H26GeO3Zr. The zero-order valence-corrected chi connectivity index (χ0v) is 17.2. The van der Waals surface area contributed by atoms with Crippen LogP contribution in [0.3, 0.4) is 0 Å². The SMILES string of the molecule is CC[O][Zr]([O]CC)([O]CC)[C]1=[C]([GeH]([CH3])[CH3])C=CC1. The monoisotopic (exact) mass is 394 g/mol. The summed E-state index contributed by atoms with van der Waals surface area (Å²) in [5.74, 6) is 4.80. The van der Waals surface area contributed by atoms with Crippen molar-refractivity contribution < 1.29 is 30.0 Å². The number of allylic oxidation sites excluding steroid dienone is 4. The average Bonchev–Trinajstić information content (AvgIpc) is 2.79. The van der Waals surface area contributed by atoms with E-state index in [9.17, 15) is 0 Å². The molecule has 0 saturated heterocycles. The van der Waals surface area contributed by atoms with Gasteiger partial charge in [-0.25, -0.2) is 0 Å². The van der Waals surface area contributed by atoms with E-state index in [1.54, 1.807) is 4.41 Å². The summed E-state index contributed by atoms with van der Waals surface area (Å²) < 4.78 is 21.2. The van der Waals surface area contributed by atoms with Crippen LogP contribution in [0.25, 0.3) is 0 Å². The van der Waals surface area contributed by atoms with Crippen LogP contribution in [-0.4, -0.2) is 34.2 Å². The normalized spacial score (nSPS) is 16.1. The summed E-state index contributed by atoms with van der Waals surface area (Å²) in [6.45, 7) is 8.13. The first kappa shape index (κ1) is 16.8. The van der Waals surface area contributed by atoms with Crippen LogP contribution in [0.1, 0.15) is 27.2 Å². The van der Waals surface area contributed by atoms with Gasteiger partial charge in [-0.1, -0.05) is 0 Å². The summed E-state index contributed by atoms with van der Waals surface area (Å²) in [6, 6.07) is 0. The average molecular weight is 394 g/mol. The third-order valence-electron chi connectivity index (χ3n) is 2.96. The Labute approximate surface area is 122 Å². The molecule has 0 unspecified atom stereocenters. The zero-order chi connectivity index (χ0) is 13.6. The molecule has 3 nitrogen and oxygen atoms in total. The van der Waals surface area contributed by atoms with Gasteiger partial charge in [-0.15, -0.1) is 0 Å². The van der Waals surface area contributed by atoms with Gasteiger partial charge in [-0.3, -0.25) is 0 Å². The van der Waals surface area contributed by atoms with Crippen molar-refractivity contribution >= 4 is 14.3 Å². The van der Waals surface area contributed by atoms with E-state index in [0.717, 1.165) is 6.42 Å². The molecule has 0 spiro atoms. The Balaban J connectivity index is 3.11. The predicted octanol–water partition coefficient (Wildman–Crippen LogP) is 3.23. The van der Waals surface area contributed by atoms with Crippen molar-refractivity contribution in [1.29, 1.82) is 0 Å². The second kappa shape index (κ2) is 8.16. The van der Waals surface area contributed by atoms with Gasteiger partial charge in [0, 0.05) is 0 Å². The number of hydrogen-bond acceptors (Lipinski definition) is 3. The molecule has 1 aliphatic rings. The van der Waals surface area contributed by atoms with E-state index in [0.29, 0.717) is 19.8 Å². The van der Waals surface area contributed by atoms with Crippen LogP contribution in [0.2, 0.25) is 11.5 Å². The maximum atomic E-state index is 6.07. The minimum atomic E-state index is -3.48. The molecule has 0 atom stereocenters. The summed E-state index contributed by atoms with van der Waals surface area (Å²) in [5.41, 5.74) is 0. The Bertz CT molecular complexity index is 309. The fourth-order valence-electron chi connectivity index (χ4n) is 2.32. The van der Waals surface area contributed by atoms with Gasteiger partial charge in [-0.05, 0) is 0 Å².